The van der Waals surface area contributed by atoms with Gasteiger partial charge < -0.3 is 9.53 Å². The maximum absolute atomic E-state index is 11.6. The van der Waals surface area contributed by atoms with Crippen LogP contribution in [0.15, 0.2) is 6.20 Å². The standard InChI is InChI=1S/C11H16N2O3/c1-5-16-10(15)9-8(6-13(4)12-9)11(2,3)7-14/h6-7H,5H2,1-4H3. The lowest BCUT2D eigenvalue weighted by molar-refractivity contribution is -0.111. The van der Waals surface area contributed by atoms with E-state index in [9.17, 15) is 9.59 Å². The average molecular weight is 224 g/mol. The lowest BCUT2D eigenvalue weighted by atomic mass is 9.86. The van der Waals surface area contributed by atoms with Gasteiger partial charge in [-0.25, -0.2) is 4.79 Å². The molecule has 0 saturated heterocycles. The molecule has 1 rings (SSSR count). The van der Waals surface area contributed by atoms with Crippen LogP contribution >= 0.6 is 0 Å². The molecule has 5 nitrogen and oxygen atoms in total. The highest BCUT2D eigenvalue weighted by molar-refractivity contribution is 5.90. The predicted octanol–water partition coefficient (Wildman–Crippen LogP) is 1.07. The minimum atomic E-state index is -0.740. The van der Waals surface area contributed by atoms with Crippen molar-refractivity contribution < 1.29 is 14.3 Å². The van der Waals surface area contributed by atoms with E-state index in [0.717, 1.165) is 6.29 Å². The van der Waals surface area contributed by atoms with E-state index in [4.69, 9.17) is 4.74 Å². The maximum atomic E-state index is 11.6. The third-order valence-corrected chi connectivity index (χ3v) is 2.29. The lowest BCUT2D eigenvalue weighted by Gasteiger charge is -2.15. The van der Waals surface area contributed by atoms with Gasteiger partial charge in [0.25, 0.3) is 0 Å². The predicted molar refractivity (Wildman–Crippen MR) is 58.3 cm³/mol. The molecule has 1 heterocycles. The third-order valence-electron chi connectivity index (χ3n) is 2.29. The summed E-state index contributed by atoms with van der Waals surface area (Å²) in [5, 5.41) is 4.03. The Kier molecular flexibility index (Phi) is 3.47. The molecule has 0 atom stereocenters. The van der Waals surface area contributed by atoms with Crippen molar-refractivity contribution in [1.82, 2.24) is 9.78 Å². The maximum Gasteiger partial charge on any atom is 0.359 e. The number of carbonyl (C=O) groups excluding carboxylic acids is 2. The molecule has 88 valence electrons. The molecule has 0 unspecified atom stereocenters. The first-order valence-corrected chi connectivity index (χ1v) is 5.10. The fraction of sp³-hybridized carbons (Fsp3) is 0.545. The zero-order chi connectivity index (χ0) is 12.3. The van der Waals surface area contributed by atoms with E-state index < -0.39 is 11.4 Å². The molecular weight excluding hydrogens is 208 g/mol. The molecule has 5 heteroatoms. The zero-order valence-corrected chi connectivity index (χ0v) is 9.98. The summed E-state index contributed by atoms with van der Waals surface area (Å²) in [6.45, 7) is 5.49. The third kappa shape index (κ3) is 2.29. The molecule has 0 aliphatic rings. The number of hydrogen-bond acceptors (Lipinski definition) is 4. The topological polar surface area (TPSA) is 61.2 Å². The number of rotatable bonds is 4. The summed E-state index contributed by atoms with van der Waals surface area (Å²) in [7, 11) is 1.70. The molecular formula is C11H16N2O3. The van der Waals surface area contributed by atoms with Gasteiger partial charge in [0.1, 0.15) is 6.29 Å². The van der Waals surface area contributed by atoms with Crippen LogP contribution in [0, 0.1) is 0 Å². The van der Waals surface area contributed by atoms with Crippen LogP contribution in [-0.4, -0.2) is 28.6 Å². The Balaban J connectivity index is 3.19. The SMILES string of the molecule is CCOC(=O)c1nn(C)cc1C(C)(C)C=O. The van der Waals surface area contributed by atoms with Crippen LogP contribution in [0.4, 0.5) is 0 Å². The van der Waals surface area contributed by atoms with E-state index >= 15 is 0 Å². The van der Waals surface area contributed by atoms with Crippen LogP contribution < -0.4 is 0 Å². The summed E-state index contributed by atoms with van der Waals surface area (Å²) in [6, 6.07) is 0. The number of hydrogen-bond donors (Lipinski definition) is 0. The van der Waals surface area contributed by atoms with Gasteiger partial charge in [-0.05, 0) is 20.8 Å². The molecule has 0 amide bonds. The molecule has 0 aliphatic carbocycles. The van der Waals surface area contributed by atoms with Crippen molar-refractivity contribution in [3.05, 3.63) is 17.5 Å². The van der Waals surface area contributed by atoms with Crippen molar-refractivity contribution in [1.29, 1.82) is 0 Å². The van der Waals surface area contributed by atoms with Gasteiger partial charge in [0.05, 0.1) is 6.61 Å². The number of esters is 1. The van der Waals surface area contributed by atoms with E-state index in [0.29, 0.717) is 5.56 Å². The molecule has 0 spiro atoms. The van der Waals surface area contributed by atoms with Gasteiger partial charge in [-0.3, -0.25) is 4.68 Å². The van der Waals surface area contributed by atoms with Crippen molar-refractivity contribution >= 4 is 12.3 Å². The number of aromatic nitrogens is 2. The Morgan fingerprint density at radius 1 is 1.62 bits per heavy atom. The summed E-state index contributed by atoms with van der Waals surface area (Å²) in [4.78, 5) is 22.6. The van der Waals surface area contributed by atoms with Gasteiger partial charge in [-0.2, -0.15) is 5.10 Å². The fourth-order valence-corrected chi connectivity index (χ4v) is 1.37. The molecule has 16 heavy (non-hydrogen) atoms. The molecule has 1 aromatic rings. The van der Waals surface area contributed by atoms with Crippen LogP contribution in [0.2, 0.25) is 0 Å². The van der Waals surface area contributed by atoms with E-state index in [1.807, 2.05) is 0 Å². The van der Waals surface area contributed by atoms with Crippen molar-refractivity contribution in [3.63, 3.8) is 0 Å². The average Bonchev–Trinajstić information content (AvgIpc) is 2.61. The molecule has 0 fully saturated rings. The van der Waals surface area contributed by atoms with E-state index in [1.165, 1.54) is 4.68 Å². The molecule has 0 N–H and O–H groups in total. The normalized spacial score (nSPS) is 11.2. The second-order valence-electron chi connectivity index (χ2n) is 4.13. The second kappa shape index (κ2) is 4.47. The fourth-order valence-electron chi connectivity index (χ4n) is 1.37. The van der Waals surface area contributed by atoms with Crippen LogP contribution in [0.5, 0.6) is 0 Å². The molecule has 1 aromatic heterocycles. The van der Waals surface area contributed by atoms with E-state index in [2.05, 4.69) is 5.10 Å². The van der Waals surface area contributed by atoms with E-state index in [1.54, 1.807) is 34.0 Å². The van der Waals surface area contributed by atoms with Gasteiger partial charge in [0, 0.05) is 24.2 Å². The summed E-state index contributed by atoms with van der Waals surface area (Å²) >= 11 is 0. The summed E-state index contributed by atoms with van der Waals surface area (Å²) < 4.78 is 6.40. The van der Waals surface area contributed by atoms with Crippen LogP contribution in [-0.2, 0) is 22.0 Å². The smallest absolute Gasteiger partial charge is 0.359 e. The summed E-state index contributed by atoms with van der Waals surface area (Å²) in [5.74, 6) is -0.493. The van der Waals surface area contributed by atoms with Crippen molar-refractivity contribution in [3.8, 4) is 0 Å². The molecule has 0 aromatic carbocycles. The first-order chi connectivity index (χ1) is 7.42. The summed E-state index contributed by atoms with van der Waals surface area (Å²) in [5.41, 5.74) is 0.0565. The monoisotopic (exact) mass is 224 g/mol. The Hall–Kier alpha value is -1.65. The Bertz CT molecular complexity index is 407. The lowest BCUT2D eigenvalue weighted by Crippen LogP contribution is -2.22. The second-order valence-corrected chi connectivity index (χ2v) is 4.13. The highest BCUT2D eigenvalue weighted by Crippen LogP contribution is 2.24. The Morgan fingerprint density at radius 2 is 2.25 bits per heavy atom. The minimum absolute atomic E-state index is 0.210. The first kappa shape index (κ1) is 12.4. The quantitative estimate of drug-likeness (QED) is 0.567. The van der Waals surface area contributed by atoms with E-state index in [-0.39, 0.29) is 12.3 Å². The number of carbonyl (C=O) groups is 2. The van der Waals surface area contributed by atoms with Crippen molar-refractivity contribution in [2.75, 3.05) is 6.61 Å². The molecule has 0 radical (unpaired) electrons. The Morgan fingerprint density at radius 3 is 2.75 bits per heavy atom. The van der Waals surface area contributed by atoms with Gasteiger partial charge in [0.15, 0.2) is 5.69 Å². The molecule has 0 bridgehead atoms. The highest BCUT2D eigenvalue weighted by Gasteiger charge is 2.29. The van der Waals surface area contributed by atoms with Gasteiger partial charge in [0.2, 0.25) is 0 Å². The van der Waals surface area contributed by atoms with Crippen LogP contribution in [0.1, 0.15) is 36.8 Å². The number of ether oxygens (including phenoxy) is 1. The van der Waals surface area contributed by atoms with Crippen molar-refractivity contribution in [2.24, 2.45) is 7.05 Å². The molecule has 0 aliphatic heterocycles. The number of aryl methyl sites for hydroxylation is 1. The number of nitrogens with zero attached hydrogens (tertiary/aromatic N) is 2. The largest absolute Gasteiger partial charge is 0.461 e. The molecule has 0 saturated carbocycles. The first-order valence-electron chi connectivity index (χ1n) is 5.10. The van der Waals surface area contributed by atoms with Crippen LogP contribution in [0.25, 0.3) is 0 Å². The van der Waals surface area contributed by atoms with Gasteiger partial charge in [-0.1, -0.05) is 0 Å². The van der Waals surface area contributed by atoms with Gasteiger partial charge >= 0.3 is 5.97 Å². The van der Waals surface area contributed by atoms with Gasteiger partial charge in [-0.15, -0.1) is 0 Å². The number of aldehydes is 1. The zero-order valence-electron chi connectivity index (χ0n) is 9.98. The Labute approximate surface area is 94.4 Å². The highest BCUT2D eigenvalue weighted by atomic mass is 16.5. The summed E-state index contributed by atoms with van der Waals surface area (Å²) in [6.07, 6.45) is 2.47. The minimum Gasteiger partial charge on any atom is -0.461 e. The van der Waals surface area contributed by atoms with Crippen LogP contribution in [0.3, 0.4) is 0 Å². The van der Waals surface area contributed by atoms with Crippen molar-refractivity contribution in [2.45, 2.75) is 26.2 Å².